The highest BCUT2D eigenvalue weighted by molar-refractivity contribution is 6.33. The number of carboxylic acids is 2. The molecule has 2 radical (unpaired) electrons. The summed E-state index contributed by atoms with van der Waals surface area (Å²) in [6, 6.07) is 6.85. The summed E-state index contributed by atoms with van der Waals surface area (Å²) in [6.07, 6.45) is 0.547. The highest BCUT2D eigenvalue weighted by Gasteiger charge is 2.30. The van der Waals surface area contributed by atoms with Gasteiger partial charge < -0.3 is 20.6 Å². The summed E-state index contributed by atoms with van der Waals surface area (Å²) in [7, 11) is 0. The molecule has 4 N–H and O–H groups in total. The lowest BCUT2D eigenvalue weighted by molar-refractivity contribution is -0.138. The number of carboxylic acid groups (broad SMARTS) is 2. The second kappa shape index (κ2) is 6.83. The van der Waals surface area contributed by atoms with Crippen LogP contribution in [-0.4, -0.2) is 49.4 Å². The summed E-state index contributed by atoms with van der Waals surface area (Å²) in [6.45, 7) is 1.84. The highest BCUT2D eigenvalue weighted by Crippen LogP contribution is 2.34. The monoisotopic (exact) mass is 366 g/mol. The SMILES string of the molecule is CCc1cc(O)c(C2=NC(C(=O)O)c3cc[c]([Al])cc3N2)c(C(=O)O)c1. The summed E-state index contributed by atoms with van der Waals surface area (Å²) in [5.74, 6) is -2.64. The molecule has 1 unspecified atom stereocenters. The third kappa shape index (κ3) is 3.17. The highest BCUT2D eigenvalue weighted by atomic mass is 27.0. The molecule has 0 amide bonds. The number of phenolic OH excluding ortho intramolecular Hbond substituents is 1. The number of fused-ring (bicyclic) bond motifs is 1. The zero-order valence-corrected chi connectivity index (χ0v) is 15.0. The van der Waals surface area contributed by atoms with Crippen molar-refractivity contribution in [3.05, 3.63) is 52.6 Å². The Morgan fingerprint density at radius 1 is 1.23 bits per heavy atom. The van der Waals surface area contributed by atoms with Crippen molar-refractivity contribution in [3.63, 3.8) is 0 Å². The van der Waals surface area contributed by atoms with Gasteiger partial charge in [-0.2, -0.15) is 0 Å². The number of hydrogen-bond acceptors (Lipinski definition) is 5. The number of carbonyl (C=O) groups is 2. The molecule has 0 aromatic heterocycles. The van der Waals surface area contributed by atoms with Gasteiger partial charge in [0.25, 0.3) is 0 Å². The molecule has 8 heteroatoms. The first-order valence-corrected chi connectivity index (χ1v) is 8.46. The van der Waals surface area contributed by atoms with Crippen LogP contribution in [0.1, 0.15) is 40.0 Å². The van der Waals surface area contributed by atoms with Crippen molar-refractivity contribution in [2.24, 2.45) is 4.99 Å². The first kappa shape index (κ1) is 18.0. The molecular weight excluding hydrogens is 351 g/mol. The minimum Gasteiger partial charge on any atom is -0.507 e. The van der Waals surface area contributed by atoms with Gasteiger partial charge in [-0.05, 0) is 24.1 Å². The number of benzene rings is 2. The Balaban J connectivity index is 2.21. The van der Waals surface area contributed by atoms with Gasteiger partial charge in [-0.1, -0.05) is 25.1 Å². The van der Waals surface area contributed by atoms with E-state index in [-0.39, 0.29) is 22.7 Å². The quantitative estimate of drug-likeness (QED) is 0.608. The minimum atomic E-state index is -1.23. The van der Waals surface area contributed by atoms with Gasteiger partial charge in [0.2, 0.25) is 0 Å². The van der Waals surface area contributed by atoms with Gasteiger partial charge in [-0.3, -0.25) is 0 Å². The zero-order chi connectivity index (χ0) is 19.0. The molecule has 26 heavy (non-hydrogen) atoms. The summed E-state index contributed by atoms with van der Waals surface area (Å²) >= 11 is 2.51. The predicted molar refractivity (Wildman–Crippen MR) is 96.8 cm³/mol. The van der Waals surface area contributed by atoms with Crippen LogP contribution < -0.4 is 9.74 Å². The third-order valence-electron chi connectivity index (χ3n) is 4.17. The number of nitrogens with one attached hydrogen (secondary N) is 1. The molecule has 2 aromatic carbocycles. The fourth-order valence-electron chi connectivity index (χ4n) is 2.90. The molecule has 0 fully saturated rings. The number of aliphatic carboxylic acids is 1. The van der Waals surface area contributed by atoms with Gasteiger partial charge >= 0.3 is 11.9 Å². The Bertz CT molecular complexity index is 955. The van der Waals surface area contributed by atoms with Crippen LogP contribution in [-0.2, 0) is 11.2 Å². The van der Waals surface area contributed by atoms with Gasteiger partial charge in [0.15, 0.2) is 22.3 Å². The van der Waals surface area contributed by atoms with E-state index in [9.17, 15) is 24.9 Å². The van der Waals surface area contributed by atoms with E-state index in [1.54, 1.807) is 18.2 Å². The molecule has 2 aromatic rings. The molecule has 7 nitrogen and oxygen atoms in total. The summed E-state index contributed by atoms with van der Waals surface area (Å²) in [5.41, 5.74) is 1.46. The Morgan fingerprint density at radius 2 is 1.96 bits per heavy atom. The number of aryl methyl sites for hydroxylation is 1. The van der Waals surface area contributed by atoms with E-state index in [4.69, 9.17) is 0 Å². The second-order valence-electron chi connectivity index (χ2n) is 5.89. The zero-order valence-electron chi connectivity index (χ0n) is 13.9. The van der Waals surface area contributed by atoms with Gasteiger partial charge in [0, 0.05) is 11.3 Å². The van der Waals surface area contributed by atoms with Crippen molar-refractivity contribution in [2.45, 2.75) is 19.4 Å². The summed E-state index contributed by atoms with van der Waals surface area (Å²) < 4.78 is 0.825. The van der Waals surface area contributed by atoms with E-state index < -0.39 is 18.0 Å². The molecular formula is C18H15AlN2O5. The Kier molecular flexibility index (Phi) is 4.72. The van der Waals surface area contributed by atoms with Crippen LogP contribution in [0.2, 0.25) is 0 Å². The first-order chi connectivity index (χ1) is 12.3. The van der Waals surface area contributed by atoms with Crippen LogP contribution in [0, 0.1) is 0 Å². The number of anilines is 1. The van der Waals surface area contributed by atoms with Crippen LogP contribution >= 0.6 is 0 Å². The van der Waals surface area contributed by atoms with E-state index in [1.807, 2.05) is 6.92 Å². The average molecular weight is 366 g/mol. The lowest BCUT2D eigenvalue weighted by Crippen LogP contribution is -2.27. The van der Waals surface area contributed by atoms with Gasteiger partial charge in [0.1, 0.15) is 11.6 Å². The number of aromatic hydroxyl groups is 1. The second-order valence-corrected chi connectivity index (χ2v) is 6.55. The van der Waals surface area contributed by atoms with Crippen LogP contribution in [0.4, 0.5) is 5.69 Å². The number of aromatic carboxylic acids is 1. The molecule has 1 atom stereocenters. The van der Waals surface area contributed by atoms with Crippen molar-refractivity contribution in [1.29, 1.82) is 0 Å². The van der Waals surface area contributed by atoms with Crippen molar-refractivity contribution < 1.29 is 24.9 Å². The Morgan fingerprint density at radius 3 is 2.58 bits per heavy atom. The lowest BCUT2D eigenvalue weighted by atomic mass is 9.97. The smallest absolute Gasteiger partial charge is 0.336 e. The minimum absolute atomic E-state index is 0.0121. The molecule has 1 heterocycles. The molecule has 3 rings (SSSR count). The number of rotatable bonds is 4. The molecule has 1 aliphatic heterocycles. The lowest BCUT2D eigenvalue weighted by Gasteiger charge is -2.25. The van der Waals surface area contributed by atoms with E-state index in [1.165, 1.54) is 12.1 Å². The number of amidine groups is 1. The van der Waals surface area contributed by atoms with Gasteiger partial charge in [0.05, 0.1) is 11.1 Å². The van der Waals surface area contributed by atoms with Crippen LogP contribution in [0.5, 0.6) is 5.75 Å². The van der Waals surface area contributed by atoms with E-state index in [2.05, 4.69) is 26.6 Å². The maximum absolute atomic E-state index is 11.7. The normalized spacial score (nSPS) is 15.6. The van der Waals surface area contributed by atoms with Gasteiger partial charge in [-0.25, -0.2) is 14.6 Å². The third-order valence-corrected chi connectivity index (χ3v) is 4.53. The molecule has 130 valence electrons. The predicted octanol–water partition coefficient (Wildman–Crippen LogP) is 1.44. The van der Waals surface area contributed by atoms with Gasteiger partial charge in [-0.15, -0.1) is 4.43 Å². The Hall–Kier alpha value is -2.82. The topological polar surface area (TPSA) is 119 Å². The molecule has 0 saturated heterocycles. The van der Waals surface area contributed by atoms with Crippen molar-refractivity contribution in [1.82, 2.24) is 0 Å². The van der Waals surface area contributed by atoms with Crippen molar-refractivity contribution in [2.75, 3.05) is 5.32 Å². The van der Waals surface area contributed by atoms with Crippen molar-refractivity contribution >= 4 is 44.2 Å². The molecule has 0 bridgehead atoms. The Labute approximate surface area is 157 Å². The van der Waals surface area contributed by atoms with Crippen molar-refractivity contribution in [3.8, 4) is 5.75 Å². The molecule has 0 spiro atoms. The molecule has 0 aliphatic carbocycles. The van der Waals surface area contributed by atoms with E-state index in [0.717, 1.165) is 4.43 Å². The maximum Gasteiger partial charge on any atom is 0.336 e. The first-order valence-electron chi connectivity index (χ1n) is 7.88. The molecule has 1 aliphatic rings. The van der Waals surface area contributed by atoms with E-state index >= 15 is 0 Å². The average Bonchev–Trinajstić information content (AvgIpc) is 2.59. The number of nitrogens with zero attached hydrogens (tertiary/aromatic N) is 1. The van der Waals surface area contributed by atoms with Crippen LogP contribution in [0.15, 0.2) is 35.3 Å². The van der Waals surface area contributed by atoms with E-state index in [0.29, 0.717) is 23.2 Å². The maximum atomic E-state index is 11.7. The fourth-order valence-corrected chi connectivity index (χ4v) is 3.16. The standard InChI is InChI=1S/C18H15N2O5.Al/c1-2-9-7-11(17(22)23)14(13(21)8-9)16-19-12-6-4-3-5-10(12)15(20-16)18(24)25;/h3,5-8,15,21H,2H2,1H3,(H,19,20)(H,22,23)(H,24,25);. The number of hydrogen-bond donors (Lipinski definition) is 4. The molecule has 0 saturated carbocycles. The number of phenols is 1. The number of aliphatic imine (C=N–C) groups is 1. The summed E-state index contributed by atoms with van der Waals surface area (Å²) in [5, 5.41) is 32.4. The van der Waals surface area contributed by atoms with Crippen LogP contribution in [0.25, 0.3) is 0 Å². The largest absolute Gasteiger partial charge is 0.507 e. The fraction of sp³-hybridized carbons (Fsp3) is 0.167. The summed E-state index contributed by atoms with van der Waals surface area (Å²) in [4.78, 5) is 27.5. The van der Waals surface area contributed by atoms with Crippen LogP contribution in [0.3, 0.4) is 0 Å².